The van der Waals surface area contributed by atoms with E-state index in [2.05, 4.69) is 62.7 Å². The van der Waals surface area contributed by atoms with Gasteiger partial charge < -0.3 is 10.6 Å². The maximum atomic E-state index is 12.8. The van der Waals surface area contributed by atoms with Gasteiger partial charge in [0.05, 0.1) is 11.7 Å². The van der Waals surface area contributed by atoms with Crippen LogP contribution in [0.2, 0.25) is 0 Å². The highest BCUT2D eigenvalue weighted by Gasteiger charge is 2.17. The monoisotopic (exact) mass is 437 g/mol. The van der Waals surface area contributed by atoms with Gasteiger partial charge in [-0.1, -0.05) is 51.8 Å². The van der Waals surface area contributed by atoms with Gasteiger partial charge in [0.15, 0.2) is 0 Å². The molecule has 3 rings (SSSR count). The normalized spacial score (nSPS) is 11.7. The Kier molecular flexibility index (Phi) is 6.47. The number of urea groups is 1. The van der Waals surface area contributed by atoms with Crippen molar-refractivity contribution in [3.63, 3.8) is 0 Å². The standard InChI is InChI=1S/C23H24BrN3O/c1-15-7-9-18(10-8-15)14-21(20-6-4-5-11-25-20)26-23(28)27-22-16(2)12-19(24)13-17(22)3/h4-13,21H,14H2,1-3H3,(H2,26,27,28). The zero-order chi connectivity index (χ0) is 20.1. The molecule has 3 aromatic rings. The third kappa shape index (κ3) is 5.20. The summed E-state index contributed by atoms with van der Waals surface area (Å²) in [6.07, 6.45) is 2.42. The maximum absolute atomic E-state index is 12.8. The molecule has 2 aromatic carbocycles. The second-order valence-corrected chi connectivity index (χ2v) is 7.93. The average Bonchev–Trinajstić information content (AvgIpc) is 2.66. The van der Waals surface area contributed by atoms with Gasteiger partial charge in [0, 0.05) is 16.4 Å². The number of nitrogens with one attached hydrogen (secondary N) is 2. The number of benzene rings is 2. The number of amides is 2. The number of halogens is 1. The molecule has 28 heavy (non-hydrogen) atoms. The first-order valence-corrected chi connectivity index (χ1v) is 10.0. The van der Waals surface area contributed by atoms with Gasteiger partial charge in [-0.15, -0.1) is 0 Å². The molecule has 1 aromatic heterocycles. The number of hydrogen-bond acceptors (Lipinski definition) is 2. The van der Waals surface area contributed by atoms with Gasteiger partial charge in [-0.05, 0) is 68.1 Å². The minimum atomic E-state index is -0.240. The lowest BCUT2D eigenvalue weighted by Crippen LogP contribution is -2.34. The zero-order valence-corrected chi connectivity index (χ0v) is 17.9. The smallest absolute Gasteiger partial charge is 0.319 e. The summed E-state index contributed by atoms with van der Waals surface area (Å²) >= 11 is 3.49. The van der Waals surface area contributed by atoms with E-state index in [1.807, 2.05) is 44.2 Å². The van der Waals surface area contributed by atoms with E-state index >= 15 is 0 Å². The number of aromatic nitrogens is 1. The van der Waals surface area contributed by atoms with Gasteiger partial charge >= 0.3 is 6.03 Å². The second-order valence-electron chi connectivity index (χ2n) is 7.01. The molecule has 144 valence electrons. The van der Waals surface area contributed by atoms with Crippen LogP contribution in [0.4, 0.5) is 10.5 Å². The minimum Gasteiger partial charge on any atom is -0.329 e. The summed E-state index contributed by atoms with van der Waals surface area (Å²) in [4.78, 5) is 17.2. The molecule has 1 heterocycles. The molecule has 0 saturated heterocycles. The van der Waals surface area contributed by atoms with Crippen LogP contribution in [-0.2, 0) is 6.42 Å². The van der Waals surface area contributed by atoms with Crippen molar-refractivity contribution in [3.8, 4) is 0 Å². The highest BCUT2D eigenvalue weighted by molar-refractivity contribution is 9.10. The summed E-state index contributed by atoms with van der Waals surface area (Å²) < 4.78 is 0.999. The Morgan fingerprint density at radius 2 is 1.71 bits per heavy atom. The number of nitrogens with zero attached hydrogens (tertiary/aromatic N) is 1. The fourth-order valence-corrected chi connectivity index (χ4v) is 3.87. The predicted octanol–water partition coefficient (Wildman–Crippen LogP) is 5.87. The molecule has 0 aliphatic heterocycles. The molecular weight excluding hydrogens is 414 g/mol. The molecule has 0 fully saturated rings. The second kappa shape index (κ2) is 9.02. The third-order valence-corrected chi connectivity index (χ3v) is 5.10. The van der Waals surface area contributed by atoms with Crippen molar-refractivity contribution in [2.24, 2.45) is 0 Å². The molecular formula is C23H24BrN3O. The lowest BCUT2D eigenvalue weighted by Gasteiger charge is -2.20. The molecule has 1 atom stereocenters. The third-order valence-electron chi connectivity index (χ3n) is 4.65. The van der Waals surface area contributed by atoms with Crippen LogP contribution < -0.4 is 10.6 Å². The number of rotatable bonds is 5. The predicted molar refractivity (Wildman–Crippen MR) is 118 cm³/mol. The molecule has 1 unspecified atom stereocenters. The van der Waals surface area contributed by atoms with Crippen molar-refractivity contribution in [3.05, 3.63) is 93.2 Å². The molecule has 2 N–H and O–H groups in total. The molecule has 0 radical (unpaired) electrons. The lowest BCUT2D eigenvalue weighted by atomic mass is 10.0. The number of aryl methyl sites for hydroxylation is 3. The summed E-state index contributed by atoms with van der Waals surface area (Å²) in [5, 5.41) is 6.09. The Bertz CT molecular complexity index is 932. The van der Waals surface area contributed by atoms with Crippen molar-refractivity contribution >= 4 is 27.6 Å². The van der Waals surface area contributed by atoms with Crippen LogP contribution >= 0.6 is 15.9 Å². The van der Waals surface area contributed by atoms with Gasteiger partial charge in [0.1, 0.15) is 0 Å². The quantitative estimate of drug-likeness (QED) is 0.523. The van der Waals surface area contributed by atoms with Gasteiger partial charge in [-0.2, -0.15) is 0 Å². The van der Waals surface area contributed by atoms with E-state index < -0.39 is 0 Å². The summed E-state index contributed by atoms with van der Waals surface area (Å²) in [5.41, 5.74) is 6.05. The fraction of sp³-hybridized carbons (Fsp3) is 0.217. The van der Waals surface area contributed by atoms with E-state index in [9.17, 15) is 4.79 Å². The van der Waals surface area contributed by atoms with Gasteiger partial charge in [0.25, 0.3) is 0 Å². The van der Waals surface area contributed by atoms with E-state index in [4.69, 9.17) is 0 Å². The van der Waals surface area contributed by atoms with E-state index in [0.717, 1.165) is 32.5 Å². The summed E-state index contributed by atoms with van der Waals surface area (Å²) in [7, 11) is 0. The highest BCUT2D eigenvalue weighted by atomic mass is 79.9. The van der Waals surface area contributed by atoms with E-state index in [0.29, 0.717) is 6.42 Å². The maximum Gasteiger partial charge on any atom is 0.319 e. The topological polar surface area (TPSA) is 54.0 Å². The van der Waals surface area contributed by atoms with Gasteiger partial charge in [0.2, 0.25) is 0 Å². The number of carbonyl (C=O) groups excluding carboxylic acids is 1. The Morgan fingerprint density at radius 1 is 1.04 bits per heavy atom. The Morgan fingerprint density at radius 3 is 2.32 bits per heavy atom. The van der Waals surface area contributed by atoms with Crippen LogP contribution in [-0.4, -0.2) is 11.0 Å². The lowest BCUT2D eigenvalue weighted by molar-refractivity contribution is 0.248. The number of anilines is 1. The Hall–Kier alpha value is -2.66. The van der Waals surface area contributed by atoms with Crippen LogP contribution in [0.5, 0.6) is 0 Å². The highest BCUT2D eigenvalue weighted by Crippen LogP contribution is 2.25. The molecule has 0 bridgehead atoms. The Labute approximate surface area is 174 Å². The van der Waals surface area contributed by atoms with Crippen LogP contribution in [0.25, 0.3) is 0 Å². The van der Waals surface area contributed by atoms with E-state index in [1.165, 1.54) is 5.56 Å². The first-order chi connectivity index (χ1) is 13.4. The number of pyridine rings is 1. The number of hydrogen-bond donors (Lipinski definition) is 2. The minimum absolute atomic E-state index is 0.222. The molecule has 0 aliphatic rings. The average molecular weight is 438 g/mol. The van der Waals surface area contributed by atoms with Crippen molar-refractivity contribution in [2.75, 3.05) is 5.32 Å². The SMILES string of the molecule is Cc1ccc(CC(NC(=O)Nc2c(C)cc(Br)cc2C)c2ccccn2)cc1. The van der Waals surface area contributed by atoms with Gasteiger partial charge in [-0.3, -0.25) is 4.98 Å². The van der Waals surface area contributed by atoms with E-state index in [-0.39, 0.29) is 12.1 Å². The summed E-state index contributed by atoms with van der Waals surface area (Å²) in [5.74, 6) is 0. The molecule has 0 aliphatic carbocycles. The fourth-order valence-electron chi connectivity index (χ4n) is 3.19. The first-order valence-electron chi connectivity index (χ1n) is 9.23. The molecule has 5 heteroatoms. The van der Waals surface area contributed by atoms with Crippen LogP contribution in [0.15, 0.2) is 65.3 Å². The van der Waals surface area contributed by atoms with Crippen molar-refractivity contribution in [1.82, 2.24) is 10.3 Å². The summed E-state index contributed by atoms with van der Waals surface area (Å²) in [6.45, 7) is 6.03. The summed E-state index contributed by atoms with van der Waals surface area (Å²) in [6, 6.07) is 17.6. The number of carbonyl (C=O) groups is 1. The van der Waals surface area contributed by atoms with Crippen molar-refractivity contribution in [1.29, 1.82) is 0 Å². The molecule has 4 nitrogen and oxygen atoms in total. The largest absolute Gasteiger partial charge is 0.329 e. The molecule has 2 amide bonds. The van der Waals surface area contributed by atoms with E-state index in [1.54, 1.807) is 6.20 Å². The Balaban J connectivity index is 1.79. The molecule has 0 saturated carbocycles. The van der Waals surface area contributed by atoms with Crippen LogP contribution in [0, 0.1) is 20.8 Å². The van der Waals surface area contributed by atoms with Crippen molar-refractivity contribution < 1.29 is 4.79 Å². The molecule has 0 spiro atoms. The first kappa shape index (κ1) is 20.1. The van der Waals surface area contributed by atoms with Crippen LogP contribution in [0.3, 0.4) is 0 Å². The van der Waals surface area contributed by atoms with Crippen LogP contribution in [0.1, 0.15) is 34.0 Å². The van der Waals surface area contributed by atoms with Gasteiger partial charge in [-0.25, -0.2) is 4.79 Å². The zero-order valence-electron chi connectivity index (χ0n) is 16.3. The van der Waals surface area contributed by atoms with Crippen molar-refractivity contribution in [2.45, 2.75) is 33.2 Å².